The van der Waals surface area contributed by atoms with Gasteiger partial charge in [-0.25, -0.2) is 0 Å². The highest BCUT2D eigenvalue weighted by atomic mass is 16.5. The fourth-order valence-corrected chi connectivity index (χ4v) is 3.86. The summed E-state index contributed by atoms with van der Waals surface area (Å²) in [6.07, 6.45) is 4.11. The number of phenols is 1. The number of likely N-dealkylation sites (tertiary alicyclic amines) is 1. The van der Waals surface area contributed by atoms with Gasteiger partial charge >= 0.3 is 0 Å². The number of carbonyl (C=O) groups is 2. The number of benzene rings is 2. The highest BCUT2D eigenvalue weighted by Crippen LogP contribution is 2.41. The minimum atomic E-state index is -0.867. The Kier molecular flexibility index (Phi) is 6.40. The molecule has 2 N–H and O–H groups in total. The van der Waals surface area contributed by atoms with Gasteiger partial charge in [0.1, 0.15) is 17.3 Å². The number of Topliss-reactive ketones (excluding diaryl/α,β-unsaturated/α-hetero) is 1. The van der Waals surface area contributed by atoms with Gasteiger partial charge in [-0.1, -0.05) is 25.1 Å². The van der Waals surface area contributed by atoms with Crippen molar-refractivity contribution in [3.05, 3.63) is 95.3 Å². The number of carbonyl (C=O) groups excluding carboxylic acids is 2. The number of aliphatic hydroxyl groups excluding tert-OH is 1. The van der Waals surface area contributed by atoms with Gasteiger partial charge in [0.15, 0.2) is 0 Å². The first kappa shape index (κ1) is 22.1. The van der Waals surface area contributed by atoms with Crippen LogP contribution in [0.1, 0.15) is 36.1 Å². The van der Waals surface area contributed by atoms with Crippen molar-refractivity contribution in [1.82, 2.24) is 9.88 Å². The van der Waals surface area contributed by atoms with E-state index < -0.39 is 17.7 Å². The fraction of sp³-hybridized carbons (Fsp3) is 0.192. The van der Waals surface area contributed by atoms with Crippen molar-refractivity contribution in [3.63, 3.8) is 0 Å². The second-order valence-corrected chi connectivity index (χ2v) is 7.76. The molecule has 1 aliphatic rings. The molecule has 1 amide bonds. The zero-order valence-corrected chi connectivity index (χ0v) is 18.1. The number of ether oxygens (including phenoxy) is 1. The molecular weight excluding hydrogens is 420 g/mol. The van der Waals surface area contributed by atoms with Crippen LogP contribution in [-0.2, 0) is 16.1 Å². The van der Waals surface area contributed by atoms with E-state index in [9.17, 15) is 19.8 Å². The quantitative estimate of drug-likeness (QED) is 0.322. The van der Waals surface area contributed by atoms with E-state index in [1.54, 1.807) is 60.9 Å². The van der Waals surface area contributed by atoms with Crippen LogP contribution in [0, 0.1) is 0 Å². The van der Waals surface area contributed by atoms with Gasteiger partial charge in [-0.3, -0.25) is 14.6 Å². The number of aromatic nitrogens is 1. The number of aliphatic hydroxyl groups is 1. The van der Waals surface area contributed by atoms with Crippen molar-refractivity contribution in [2.45, 2.75) is 25.9 Å². The number of hydrogen-bond acceptors (Lipinski definition) is 6. The zero-order chi connectivity index (χ0) is 23.4. The molecule has 3 aromatic rings. The molecular formula is C26H24N2O5. The third-order valence-electron chi connectivity index (χ3n) is 5.40. The van der Waals surface area contributed by atoms with Crippen LogP contribution in [0.5, 0.6) is 11.5 Å². The molecule has 33 heavy (non-hydrogen) atoms. The molecule has 1 atom stereocenters. The molecule has 4 rings (SSSR count). The highest BCUT2D eigenvalue weighted by Gasteiger charge is 2.46. The second kappa shape index (κ2) is 9.56. The lowest BCUT2D eigenvalue weighted by molar-refractivity contribution is -0.140. The highest BCUT2D eigenvalue weighted by molar-refractivity contribution is 6.46. The van der Waals surface area contributed by atoms with Crippen molar-refractivity contribution in [2.75, 3.05) is 6.61 Å². The topological polar surface area (TPSA) is 100.0 Å². The Hall–Kier alpha value is -4.13. The number of hydrogen-bond donors (Lipinski definition) is 2. The summed E-state index contributed by atoms with van der Waals surface area (Å²) in [5.41, 5.74) is 1.62. The smallest absolute Gasteiger partial charge is 0.295 e. The minimum absolute atomic E-state index is 0.00288. The van der Waals surface area contributed by atoms with E-state index in [2.05, 4.69) is 4.98 Å². The summed E-state index contributed by atoms with van der Waals surface area (Å²) in [5, 5.41) is 21.2. The Morgan fingerprint density at radius 2 is 1.88 bits per heavy atom. The minimum Gasteiger partial charge on any atom is -0.508 e. The number of ketones is 1. The molecule has 2 aromatic carbocycles. The van der Waals surface area contributed by atoms with E-state index in [1.807, 2.05) is 6.92 Å². The Labute approximate surface area is 191 Å². The van der Waals surface area contributed by atoms with Crippen molar-refractivity contribution >= 4 is 17.4 Å². The van der Waals surface area contributed by atoms with Crippen LogP contribution in [0.25, 0.3) is 5.76 Å². The molecule has 1 aliphatic heterocycles. The van der Waals surface area contributed by atoms with Gasteiger partial charge in [-0.2, -0.15) is 0 Å². The Bertz CT molecular complexity index is 1190. The van der Waals surface area contributed by atoms with Crippen molar-refractivity contribution in [1.29, 1.82) is 0 Å². The molecule has 0 bridgehead atoms. The lowest BCUT2D eigenvalue weighted by atomic mass is 9.95. The first-order valence-corrected chi connectivity index (χ1v) is 10.7. The van der Waals surface area contributed by atoms with E-state index in [4.69, 9.17) is 4.74 Å². The SMILES string of the molecule is CCCOc1ccc(/C(O)=C2/C(=O)C(=O)N(Cc3cccnc3)C2c2cccc(O)c2)cc1. The summed E-state index contributed by atoms with van der Waals surface area (Å²) in [6, 6.07) is 15.7. The number of phenolic OH excluding ortho intramolecular Hbond substituents is 1. The number of nitrogens with zero attached hydrogens (tertiary/aromatic N) is 2. The maximum absolute atomic E-state index is 13.1. The molecule has 0 aliphatic carbocycles. The molecule has 2 heterocycles. The summed E-state index contributed by atoms with van der Waals surface area (Å²) in [7, 11) is 0. The predicted octanol–water partition coefficient (Wildman–Crippen LogP) is 4.20. The molecule has 1 saturated heterocycles. The van der Waals surface area contributed by atoms with Crippen LogP contribution in [0.2, 0.25) is 0 Å². The number of rotatable bonds is 7. The summed E-state index contributed by atoms with van der Waals surface area (Å²) in [5.74, 6) is -1.14. The van der Waals surface area contributed by atoms with Crippen molar-refractivity contribution < 1.29 is 24.5 Å². The fourth-order valence-electron chi connectivity index (χ4n) is 3.86. The zero-order valence-electron chi connectivity index (χ0n) is 18.1. The number of aromatic hydroxyl groups is 1. The van der Waals surface area contributed by atoms with Gasteiger partial charge in [-0.15, -0.1) is 0 Å². The second-order valence-electron chi connectivity index (χ2n) is 7.76. The average molecular weight is 444 g/mol. The summed E-state index contributed by atoms with van der Waals surface area (Å²) in [6.45, 7) is 2.70. The van der Waals surface area contributed by atoms with E-state index in [-0.39, 0.29) is 23.6 Å². The average Bonchev–Trinajstić information content (AvgIpc) is 3.08. The largest absolute Gasteiger partial charge is 0.508 e. The Balaban J connectivity index is 1.79. The Morgan fingerprint density at radius 1 is 1.09 bits per heavy atom. The summed E-state index contributed by atoms with van der Waals surface area (Å²) in [4.78, 5) is 31.6. The third kappa shape index (κ3) is 4.57. The predicted molar refractivity (Wildman–Crippen MR) is 122 cm³/mol. The molecule has 7 nitrogen and oxygen atoms in total. The maximum atomic E-state index is 13.1. The van der Waals surface area contributed by atoms with E-state index in [0.717, 1.165) is 12.0 Å². The lowest BCUT2D eigenvalue weighted by Crippen LogP contribution is -2.29. The van der Waals surface area contributed by atoms with Gasteiger partial charge in [-0.05, 0) is 60.0 Å². The summed E-state index contributed by atoms with van der Waals surface area (Å²) < 4.78 is 5.58. The van der Waals surface area contributed by atoms with Gasteiger partial charge < -0.3 is 19.8 Å². The van der Waals surface area contributed by atoms with Gasteiger partial charge in [0.2, 0.25) is 0 Å². The molecule has 0 saturated carbocycles. The van der Waals surface area contributed by atoms with Crippen molar-refractivity contribution in [3.8, 4) is 11.5 Å². The monoisotopic (exact) mass is 444 g/mol. The number of pyridine rings is 1. The summed E-state index contributed by atoms with van der Waals surface area (Å²) >= 11 is 0. The maximum Gasteiger partial charge on any atom is 0.295 e. The normalized spacial score (nSPS) is 17.4. The first-order valence-electron chi connectivity index (χ1n) is 10.7. The van der Waals surface area contributed by atoms with Gasteiger partial charge in [0, 0.05) is 24.5 Å². The van der Waals surface area contributed by atoms with Crippen LogP contribution in [-0.4, -0.2) is 38.4 Å². The van der Waals surface area contributed by atoms with Crippen LogP contribution < -0.4 is 4.74 Å². The van der Waals surface area contributed by atoms with Crippen molar-refractivity contribution in [2.24, 2.45) is 0 Å². The van der Waals surface area contributed by atoms with Crippen LogP contribution in [0.4, 0.5) is 0 Å². The standard InChI is InChI=1S/C26H24N2O5/c1-2-13-33-21-10-8-18(9-11-21)24(30)22-23(19-6-3-7-20(29)14-19)28(26(32)25(22)31)16-17-5-4-12-27-15-17/h3-12,14-15,23,29-30H,2,13,16H2,1H3/b24-22-. The van der Waals surface area contributed by atoms with E-state index in [0.29, 0.717) is 23.5 Å². The molecule has 0 radical (unpaired) electrons. The molecule has 1 fully saturated rings. The van der Waals surface area contributed by atoms with Gasteiger partial charge in [0.05, 0.1) is 18.2 Å². The first-order chi connectivity index (χ1) is 16.0. The van der Waals surface area contributed by atoms with Crippen LogP contribution >= 0.6 is 0 Å². The van der Waals surface area contributed by atoms with Crippen LogP contribution in [0.3, 0.4) is 0 Å². The molecule has 1 aromatic heterocycles. The molecule has 0 spiro atoms. The molecule has 168 valence electrons. The molecule has 1 unspecified atom stereocenters. The molecule has 7 heteroatoms. The van der Waals surface area contributed by atoms with Crippen LogP contribution in [0.15, 0.2) is 78.6 Å². The van der Waals surface area contributed by atoms with Gasteiger partial charge in [0.25, 0.3) is 11.7 Å². The Morgan fingerprint density at radius 3 is 2.55 bits per heavy atom. The number of amides is 1. The van der Waals surface area contributed by atoms with E-state index in [1.165, 1.54) is 17.0 Å². The lowest BCUT2D eigenvalue weighted by Gasteiger charge is -2.25. The van der Waals surface area contributed by atoms with E-state index >= 15 is 0 Å². The third-order valence-corrected chi connectivity index (χ3v) is 5.40.